The fraction of sp³-hybridized carbons (Fsp3) is 0.571. The van der Waals surface area contributed by atoms with Gasteiger partial charge in [0.25, 0.3) is 0 Å². The van der Waals surface area contributed by atoms with Crippen LogP contribution in [0.3, 0.4) is 0 Å². The number of nitrogens with two attached hydrogens (primary N) is 1. The van der Waals surface area contributed by atoms with Crippen molar-refractivity contribution in [3.63, 3.8) is 0 Å². The van der Waals surface area contributed by atoms with Crippen molar-refractivity contribution >= 4 is 5.78 Å². The van der Waals surface area contributed by atoms with E-state index in [1.807, 2.05) is 0 Å². The quantitative estimate of drug-likeness (QED) is 0.569. The maximum absolute atomic E-state index is 10.4. The second-order valence-corrected chi connectivity index (χ2v) is 2.14. The third kappa shape index (κ3) is 5.24. The van der Waals surface area contributed by atoms with Crippen molar-refractivity contribution in [2.45, 2.75) is 25.8 Å². The summed E-state index contributed by atoms with van der Waals surface area (Å²) in [4.78, 5) is 10.4. The summed E-state index contributed by atoms with van der Waals surface area (Å²) < 4.78 is 0. The van der Waals surface area contributed by atoms with E-state index in [1.54, 1.807) is 13.0 Å². The SMILES string of the molecule is C=C[C@@H](N)CCC(C)=O. The second kappa shape index (κ2) is 4.27. The van der Waals surface area contributed by atoms with Gasteiger partial charge in [0.1, 0.15) is 5.78 Å². The molecule has 2 nitrogen and oxygen atoms in total. The van der Waals surface area contributed by atoms with Gasteiger partial charge in [-0.2, -0.15) is 0 Å². The normalized spacial score (nSPS) is 12.7. The lowest BCUT2D eigenvalue weighted by Crippen LogP contribution is -2.16. The predicted octanol–water partition coefficient (Wildman–Crippen LogP) is 0.869. The van der Waals surface area contributed by atoms with Crippen LogP contribution in [0, 0.1) is 0 Å². The molecule has 0 amide bonds. The van der Waals surface area contributed by atoms with Gasteiger partial charge in [-0.1, -0.05) is 6.08 Å². The van der Waals surface area contributed by atoms with E-state index in [4.69, 9.17) is 5.73 Å². The fourth-order valence-corrected chi connectivity index (χ4v) is 0.488. The highest BCUT2D eigenvalue weighted by atomic mass is 16.1. The molecule has 52 valence electrons. The first-order valence-electron chi connectivity index (χ1n) is 3.04. The third-order valence-corrected chi connectivity index (χ3v) is 1.13. The van der Waals surface area contributed by atoms with E-state index in [-0.39, 0.29) is 11.8 Å². The van der Waals surface area contributed by atoms with Crippen LogP contribution in [0.4, 0.5) is 0 Å². The molecule has 0 fully saturated rings. The van der Waals surface area contributed by atoms with Crippen molar-refractivity contribution in [1.82, 2.24) is 0 Å². The van der Waals surface area contributed by atoms with Crippen LogP contribution in [0.15, 0.2) is 12.7 Å². The molecule has 0 rings (SSSR count). The molecule has 0 saturated heterocycles. The molecule has 0 aliphatic rings. The second-order valence-electron chi connectivity index (χ2n) is 2.14. The summed E-state index contributed by atoms with van der Waals surface area (Å²) in [6, 6.07) is -0.0195. The molecular weight excluding hydrogens is 114 g/mol. The summed E-state index contributed by atoms with van der Waals surface area (Å²) in [6.07, 6.45) is 2.94. The number of hydrogen-bond acceptors (Lipinski definition) is 2. The Bertz CT molecular complexity index is 109. The first kappa shape index (κ1) is 8.37. The first-order valence-corrected chi connectivity index (χ1v) is 3.04. The molecule has 0 aliphatic carbocycles. The molecule has 0 unspecified atom stereocenters. The Morgan fingerprint density at radius 3 is 2.78 bits per heavy atom. The molecule has 0 aliphatic heterocycles. The van der Waals surface area contributed by atoms with Gasteiger partial charge in [-0.15, -0.1) is 6.58 Å². The lowest BCUT2D eigenvalue weighted by molar-refractivity contribution is -0.117. The van der Waals surface area contributed by atoms with E-state index in [9.17, 15) is 4.79 Å². The molecule has 0 saturated carbocycles. The van der Waals surface area contributed by atoms with Crippen LogP contribution >= 0.6 is 0 Å². The van der Waals surface area contributed by atoms with Crippen molar-refractivity contribution in [2.24, 2.45) is 5.73 Å². The lowest BCUT2D eigenvalue weighted by Gasteiger charge is -2.01. The summed E-state index contributed by atoms with van der Waals surface area (Å²) in [7, 11) is 0. The van der Waals surface area contributed by atoms with Crippen molar-refractivity contribution in [3.8, 4) is 0 Å². The maximum atomic E-state index is 10.4. The van der Waals surface area contributed by atoms with Crippen LogP contribution in [-0.2, 0) is 4.79 Å². The van der Waals surface area contributed by atoms with Crippen LogP contribution in [-0.4, -0.2) is 11.8 Å². The zero-order valence-corrected chi connectivity index (χ0v) is 5.76. The van der Waals surface area contributed by atoms with Gasteiger partial charge in [0.15, 0.2) is 0 Å². The number of Topliss-reactive ketones (excluding diaryl/α,β-unsaturated/α-hetero) is 1. The Balaban J connectivity index is 3.26. The number of hydrogen-bond donors (Lipinski definition) is 1. The summed E-state index contributed by atoms with van der Waals surface area (Å²) in [5.41, 5.74) is 5.45. The molecule has 0 bridgehead atoms. The smallest absolute Gasteiger partial charge is 0.129 e. The highest BCUT2D eigenvalue weighted by Crippen LogP contribution is 1.94. The van der Waals surface area contributed by atoms with Gasteiger partial charge in [-0.25, -0.2) is 0 Å². The van der Waals surface area contributed by atoms with Gasteiger partial charge < -0.3 is 10.5 Å². The average molecular weight is 127 g/mol. The summed E-state index contributed by atoms with van der Waals surface area (Å²) in [5, 5.41) is 0. The van der Waals surface area contributed by atoms with E-state index in [1.165, 1.54) is 0 Å². The summed E-state index contributed by atoms with van der Waals surface area (Å²) in [5.74, 6) is 0.187. The Kier molecular flexibility index (Phi) is 3.97. The minimum Gasteiger partial charge on any atom is -0.324 e. The van der Waals surface area contributed by atoms with E-state index >= 15 is 0 Å². The van der Waals surface area contributed by atoms with Gasteiger partial charge in [-0.3, -0.25) is 0 Å². The van der Waals surface area contributed by atoms with Crippen molar-refractivity contribution in [1.29, 1.82) is 0 Å². The highest BCUT2D eigenvalue weighted by Gasteiger charge is 1.97. The molecule has 9 heavy (non-hydrogen) atoms. The third-order valence-electron chi connectivity index (χ3n) is 1.13. The zero-order chi connectivity index (χ0) is 7.28. The first-order chi connectivity index (χ1) is 4.16. The Morgan fingerprint density at radius 2 is 2.44 bits per heavy atom. The Hall–Kier alpha value is -0.630. The summed E-state index contributed by atoms with van der Waals surface area (Å²) >= 11 is 0. The topological polar surface area (TPSA) is 43.1 Å². The monoisotopic (exact) mass is 127 g/mol. The van der Waals surface area contributed by atoms with E-state index in [0.29, 0.717) is 6.42 Å². The van der Waals surface area contributed by atoms with Crippen molar-refractivity contribution < 1.29 is 4.79 Å². The number of carbonyl (C=O) groups is 1. The van der Waals surface area contributed by atoms with Crippen LogP contribution in [0.1, 0.15) is 19.8 Å². The minimum absolute atomic E-state index is 0.0195. The predicted molar refractivity (Wildman–Crippen MR) is 38.1 cm³/mol. The highest BCUT2D eigenvalue weighted by molar-refractivity contribution is 5.75. The van der Waals surface area contributed by atoms with Crippen LogP contribution in [0.2, 0.25) is 0 Å². The van der Waals surface area contributed by atoms with Gasteiger partial charge in [0.2, 0.25) is 0 Å². The average Bonchev–Trinajstić information content (AvgIpc) is 1.83. The zero-order valence-electron chi connectivity index (χ0n) is 5.76. The standard InChI is InChI=1S/C7H13NO/c1-3-7(8)5-4-6(2)9/h3,7H,1,4-5,8H2,2H3/t7-/m1/s1. The van der Waals surface area contributed by atoms with Gasteiger partial charge >= 0.3 is 0 Å². The van der Waals surface area contributed by atoms with Gasteiger partial charge in [0, 0.05) is 12.5 Å². The van der Waals surface area contributed by atoms with Gasteiger partial charge in [-0.05, 0) is 13.3 Å². The summed E-state index contributed by atoms with van der Waals surface area (Å²) in [6.45, 7) is 5.07. The molecule has 0 spiro atoms. The van der Waals surface area contributed by atoms with Gasteiger partial charge in [0.05, 0.1) is 0 Å². The van der Waals surface area contributed by atoms with E-state index in [2.05, 4.69) is 6.58 Å². The van der Waals surface area contributed by atoms with Crippen molar-refractivity contribution in [3.05, 3.63) is 12.7 Å². The molecule has 0 aromatic rings. The molecule has 2 heteroatoms. The van der Waals surface area contributed by atoms with Crippen LogP contribution in [0.25, 0.3) is 0 Å². The number of rotatable bonds is 4. The number of ketones is 1. The van der Waals surface area contributed by atoms with Crippen LogP contribution in [0.5, 0.6) is 0 Å². The van der Waals surface area contributed by atoms with Crippen LogP contribution < -0.4 is 5.73 Å². The fourth-order valence-electron chi connectivity index (χ4n) is 0.488. The van der Waals surface area contributed by atoms with E-state index < -0.39 is 0 Å². The molecule has 0 radical (unpaired) electrons. The largest absolute Gasteiger partial charge is 0.324 e. The molecule has 1 atom stereocenters. The molecular formula is C7H13NO. The lowest BCUT2D eigenvalue weighted by atomic mass is 10.1. The molecule has 0 aromatic heterocycles. The Labute approximate surface area is 55.7 Å². The molecule has 0 aromatic carbocycles. The molecule has 2 N–H and O–H groups in total. The Morgan fingerprint density at radius 1 is 1.89 bits per heavy atom. The number of carbonyl (C=O) groups excluding carboxylic acids is 1. The van der Waals surface area contributed by atoms with Crippen molar-refractivity contribution in [2.75, 3.05) is 0 Å². The molecule has 0 heterocycles. The maximum Gasteiger partial charge on any atom is 0.129 e. The van der Waals surface area contributed by atoms with E-state index in [0.717, 1.165) is 6.42 Å². The minimum atomic E-state index is -0.0195.